The molecule has 34 heavy (non-hydrogen) atoms. The van der Waals surface area contributed by atoms with Gasteiger partial charge in [-0.15, -0.1) is 16.9 Å². The zero-order valence-electron chi connectivity index (χ0n) is 18.8. The smallest absolute Gasteiger partial charge is 0.352 e. The predicted molar refractivity (Wildman–Crippen MR) is 122 cm³/mol. The van der Waals surface area contributed by atoms with Crippen LogP contribution in [0.25, 0.3) is 0 Å². The molecule has 2 aliphatic rings. The Morgan fingerprint density at radius 2 is 1.91 bits per heavy atom. The highest BCUT2D eigenvalue weighted by Crippen LogP contribution is 2.40. The number of hydrogen-bond acceptors (Lipinski definition) is 7. The summed E-state index contributed by atoms with van der Waals surface area (Å²) in [5.74, 6) is -2.41. The highest BCUT2D eigenvalue weighted by Gasteiger charge is 2.54. The minimum atomic E-state index is -1.18. The second-order valence-corrected chi connectivity index (χ2v) is 9.43. The third kappa shape index (κ3) is 4.28. The molecule has 1 aromatic carbocycles. The van der Waals surface area contributed by atoms with Crippen molar-refractivity contribution in [3.8, 4) is 0 Å². The van der Waals surface area contributed by atoms with Crippen LogP contribution in [0.15, 0.2) is 47.8 Å². The maximum Gasteiger partial charge on any atom is 0.352 e. The van der Waals surface area contributed by atoms with Gasteiger partial charge in [-0.2, -0.15) is 0 Å². The van der Waals surface area contributed by atoms with Crippen molar-refractivity contribution in [1.82, 2.24) is 30.5 Å². The first-order chi connectivity index (χ1) is 16.2. The fourth-order valence-electron chi connectivity index (χ4n) is 3.80. The number of carboxylic acid groups (broad SMARTS) is 1. The van der Waals surface area contributed by atoms with E-state index in [1.165, 1.54) is 27.5 Å². The van der Waals surface area contributed by atoms with Gasteiger partial charge in [0.2, 0.25) is 5.91 Å². The molecule has 1 saturated heterocycles. The number of nitrogens with one attached hydrogen (secondary N) is 2. The Kier molecular flexibility index (Phi) is 6.42. The predicted octanol–water partition coefficient (Wildman–Crippen LogP) is 1.09. The van der Waals surface area contributed by atoms with Crippen molar-refractivity contribution in [2.45, 2.75) is 44.3 Å². The van der Waals surface area contributed by atoms with Gasteiger partial charge in [0.25, 0.3) is 11.8 Å². The van der Waals surface area contributed by atoms with Crippen LogP contribution in [0.4, 0.5) is 0 Å². The molecule has 0 spiro atoms. The number of carboxylic acids is 1. The Labute approximate surface area is 199 Å². The van der Waals surface area contributed by atoms with Crippen molar-refractivity contribution in [2.75, 3.05) is 5.75 Å². The van der Waals surface area contributed by atoms with Crippen molar-refractivity contribution >= 4 is 35.5 Å². The second kappa shape index (κ2) is 9.29. The number of β-lactam (4-membered cyclic amide) rings is 1. The molecule has 3 unspecified atom stereocenters. The van der Waals surface area contributed by atoms with Gasteiger partial charge < -0.3 is 15.7 Å². The molecule has 1 aromatic heterocycles. The Hall–Kier alpha value is -3.67. The maximum atomic E-state index is 13.3. The molecule has 0 saturated carbocycles. The average Bonchev–Trinajstić information content (AvgIpc) is 3.32. The van der Waals surface area contributed by atoms with Crippen LogP contribution in [-0.2, 0) is 14.4 Å². The summed E-state index contributed by atoms with van der Waals surface area (Å²) in [6, 6.07) is 6.64. The number of aliphatic carboxylic acids is 1. The Balaban J connectivity index is 1.53. The lowest BCUT2D eigenvalue weighted by Crippen LogP contribution is -2.71. The minimum absolute atomic E-state index is 0.0104. The summed E-state index contributed by atoms with van der Waals surface area (Å²) in [4.78, 5) is 51.7. The molecule has 0 aliphatic carbocycles. The van der Waals surface area contributed by atoms with Crippen molar-refractivity contribution < 1.29 is 24.3 Å². The Bertz CT molecular complexity index is 1180. The van der Waals surface area contributed by atoms with Crippen molar-refractivity contribution in [3.05, 3.63) is 59.1 Å². The largest absolute Gasteiger partial charge is 0.477 e. The number of benzene rings is 1. The van der Waals surface area contributed by atoms with E-state index in [-0.39, 0.29) is 17.4 Å². The first-order valence-electron chi connectivity index (χ1n) is 10.6. The van der Waals surface area contributed by atoms with Crippen LogP contribution in [0.1, 0.15) is 48.9 Å². The van der Waals surface area contributed by atoms with Crippen molar-refractivity contribution in [3.63, 3.8) is 0 Å². The number of hydrogen-bond donors (Lipinski definition) is 3. The summed E-state index contributed by atoms with van der Waals surface area (Å²) in [5.41, 5.74) is 1.13. The van der Waals surface area contributed by atoms with Crippen LogP contribution < -0.4 is 10.6 Å². The molecule has 3 N–H and O–H groups in total. The lowest BCUT2D eigenvalue weighted by Gasteiger charge is -2.49. The lowest BCUT2D eigenvalue weighted by molar-refractivity contribution is -0.151. The van der Waals surface area contributed by atoms with Crippen molar-refractivity contribution in [1.29, 1.82) is 0 Å². The van der Waals surface area contributed by atoms with Crippen LogP contribution in [0.2, 0.25) is 0 Å². The quantitative estimate of drug-likeness (QED) is 0.495. The molecule has 1 fully saturated rings. The van der Waals surface area contributed by atoms with Crippen LogP contribution in [0, 0.1) is 0 Å². The molecule has 3 amide bonds. The van der Waals surface area contributed by atoms with E-state index in [0.29, 0.717) is 16.9 Å². The number of nitrogens with zero attached hydrogens (tertiary/aromatic N) is 4. The molecular weight excluding hydrogens is 460 g/mol. The molecule has 12 heteroatoms. The van der Waals surface area contributed by atoms with E-state index in [4.69, 9.17) is 0 Å². The number of aromatic nitrogens is 3. The molecule has 11 nitrogen and oxygen atoms in total. The van der Waals surface area contributed by atoms with Crippen molar-refractivity contribution in [2.24, 2.45) is 0 Å². The fourth-order valence-corrected chi connectivity index (χ4v) is 5.09. The molecule has 178 valence electrons. The zero-order valence-corrected chi connectivity index (χ0v) is 19.6. The van der Waals surface area contributed by atoms with E-state index >= 15 is 0 Å². The SMILES string of the molecule is CC1=C(C(=O)O)N2C(=O)C(NC(=O)C(NC(=O)c3cn(C(C)C)nn3)c3ccccc3)C2SC1. The van der Waals surface area contributed by atoms with Gasteiger partial charge in [0, 0.05) is 11.8 Å². The number of carbonyl (C=O) groups is 4. The summed E-state index contributed by atoms with van der Waals surface area (Å²) in [7, 11) is 0. The first-order valence-corrected chi connectivity index (χ1v) is 11.7. The van der Waals surface area contributed by atoms with E-state index in [1.54, 1.807) is 37.3 Å². The first kappa shape index (κ1) is 23.5. The van der Waals surface area contributed by atoms with E-state index in [2.05, 4.69) is 20.9 Å². The molecule has 4 rings (SSSR count). The minimum Gasteiger partial charge on any atom is -0.477 e. The summed E-state index contributed by atoms with van der Waals surface area (Å²) >= 11 is 1.38. The Morgan fingerprint density at radius 3 is 2.53 bits per heavy atom. The van der Waals surface area contributed by atoms with Gasteiger partial charge in [-0.1, -0.05) is 35.5 Å². The number of rotatable bonds is 7. The van der Waals surface area contributed by atoms with E-state index in [0.717, 1.165) is 0 Å². The van der Waals surface area contributed by atoms with Gasteiger partial charge in [0.1, 0.15) is 23.2 Å². The van der Waals surface area contributed by atoms with Gasteiger partial charge in [0.15, 0.2) is 5.69 Å². The summed E-state index contributed by atoms with van der Waals surface area (Å²) in [6.07, 6.45) is 1.49. The molecule has 3 atom stereocenters. The number of carbonyl (C=O) groups excluding carboxylic acids is 3. The highest BCUT2D eigenvalue weighted by molar-refractivity contribution is 8.00. The molecule has 2 aliphatic heterocycles. The molecule has 3 heterocycles. The second-order valence-electron chi connectivity index (χ2n) is 8.32. The zero-order chi connectivity index (χ0) is 24.6. The van der Waals surface area contributed by atoms with Gasteiger partial charge >= 0.3 is 5.97 Å². The normalized spacial score (nSPS) is 20.5. The van der Waals surface area contributed by atoms with Gasteiger partial charge in [0.05, 0.1) is 6.20 Å². The third-order valence-electron chi connectivity index (χ3n) is 5.60. The third-order valence-corrected chi connectivity index (χ3v) is 7.03. The summed E-state index contributed by atoms with van der Waals surface area (Å²) in [5, 5.41) is 22.1. The van der Waals surface area contributed by atoms with Crippen LogP contribution in [0.3, 0.4) is 0 Å². The van der Waals surface area contributed by atoms with E-state index < -0.39 is 41.1 Å². The van der Waals surface area contributed by atoms with Gasteiger partial charge in [-0.05, 0) is 31.9 Å². The van der Waals surface area contributed by atoms with Crippen LogP contribution in [-0.4, -0.2) is 65.9 Å². The maximum absolute atomic E-state index is 13.3. The molecular formula is C22H24N6O5S. The van der Waals surface area contributed by atoms with Crippen LogP contribution in [0.5, 0.6) is 0 Å². The number of amides is 3. The number of fused-ring (bicyclic) bond motifs is 1. The standard InChI is InChI=1S/C22H24N6O5S/c1-11(2)27-9-14(25-26-27)18(29)23-15(13-7-5-4-6-8-13)19(30)24-16-20(31)28-17(22(32)33)12(3)10-34-21(16)28/h4-9,11,15-16,21H,10H2,1-3H3,(H,23,29)(H,24,30)(H,32,33). The number of thioether (sulfide) groups is 1. The summed E-state index contributed by atoms with van der Waals surface area (Å²) < 4.78 is 1.53. The monoisotopic (exact) mass is 484 g/mol. The van der Waals surface area contributed by atoms with Gasteiger partial charge in [-0.25, -0.2) is 9.48 Å². The lowest BCUT2D eigenvalue weighted by atomic mass is 10.0. The Morgan fingerprint density at radius 1 is 1.21 bits per heavy atom. The summed E-state index contributed by atoms with van der Waals surface area (Å²) in [6.45, 7) is 5.46. The van der Waals surface area contributed by atoms with E-state index in [9.17, 15) is 24.3 Å². The molecule has 2 aromatic rings. The highest BCUT2D eigenvalue weighted by atomic mass is 32.2. The fraction of sp³-hybridized carbons (Fsp3) is 0.364. The van der Waals surface area contributed by atoms with E-state index in [1.807, 2.05) is 13.8 Å². The van der Waals surface area contributed by atoms with Crippen LogP contribution >= 0.6 is 11.8 Å². The topological polar surface area (TPSA) is 147 Å². The average molecular weight is 485 g/mol. The molecule has 0 bridgehead atoms. The molecule has 0 radical (unpaired) electrons. The van der Waals surface area contributed by atoms with Gasteiger partial charge in [-0.3, -0.25) is 19.3 Å².